The fraction of sp³-hybridized carbons (Fsp3) is 0.300. The van der Waals surface area contributed by atoms with Crippen LogP contribution >= 0.6 is 0 Å². The van der Waals surface area contributed by atoms with E-state index in [2.05, 4.69) is 5.32 Å². The molecule has 6 nitrogen and oxygen atoms in total. The molecule has 0 radical (unpaired) electrons. The largest absolute Gasteiger partial charge is 0.508 e. The van der Waals surface area contributed by atoms with Crippen molar-refractivity contribution in [3.05, 3.63) is 53.2 Å². The third-order valence-electron chi connectivity index (χ3n) is 4.55. The number of nitrogens with one attached hydrogen (secondary N) is 1. The van der Waals surface area contributed by atoms with Gasteiger partial charge in [0.1, 0.15) is 5.75 Å². The lowest BCUT2D eigenvalue weighted by atomic mass is 9.90. The van der Waals surface area contributed by atoms with Crippen molar-refractivity contribution in [2.45, 2.75) is 32.9 Å². The molecule has 6 heteroatoms. The first kappa shape index (κ1) is 17.8. The third-order valence-corrected chi connectivity index (χ3v) is 4.55. The van der Waals surface area contributed by atoms with Crippen molar-refractivity contribution < 1.29 is 19.4 Å². The number of rotatable bonds is 3. The molecule has 0 unspecified atom stereocenters. The monoisotopic (exact) mass is 354 g/mol. The van der Waals surface area contributed by atoms with E-state index >= 15 is 0 Å². The number of phenolic OH excluding ortho intramolecular Hbond substituents is 1. The molecule has 2 aromatic rings. The van der Waals surface area contributed by atoms with Crippen LogP contribution < -0.4 is 5.32 Å². The molecule has 1 aliphatic rings. The van der Waals surface area contributed by atoms with Crippen molar-refractivity contribution in [1.29, 1.82) is 0 Å². The minimum atomic E-state index is -0.795. The normalized spacial score (nSPS) is 17.7. The summed E-state index contributed by atoms with van der Waals surface area (Å²) in [7, 11) is 1.59. The first-order chi connectivity index (χ1) is 12.3. The summed E-state index contributed by atoms with van der Waals surface area (Å²) in [5, 5.41) is 15.0. The smallest absolute Gasteiger partial charge is 0.338 e. The number of aromatic hydroxyl groups is 1. The van der Waals surface area contributed by atoms with Gasteiger partial charge in [-0.05, 0) is 37.6 Å². The minimum Gasteiger partial charge on any atom is -0.508 e. The number of fused-ring (bicyclic) bond motifs is 1. The maximum absolute atomic E-state index is 12.8. The number of urea groups is 1. The van der Waals surface area contributed by atoms with Crippen molar-refractivity contribution in [3.8, 4) is 5.75 Å². The highest BCUT2D eigenvalue weighted by Gasteiger charge is 2.37. The molecular weight excluding hydrogens is 332 g/mol. The second kappa shape index (κ2) is 6.71. The molecule has 1 aliphatic heterocycles. The zero-order chi connectivity index (χ0) is 19.0. The lowest BCUT2D eigenvalue weighted by molar-refractivity contribution is -0.143. The number of nitrogens with zero attached hydrogens (tertiary/aromatic N) is 1. The van der Waals surface area contributed by atoms with Gasteiger partial charge in [0.15, 0.2) is 0 Å². The summed E-state index contributed by atoms with van der Waals surface area (Å²) in [6.45, 7) is 5.23. The fourth-order valence-corrected chi connectivity index (χ4v) is 3.18. The van der Waals surface area contributed by atoms with Crippen molar-refractivity contribution in [3.63, 3.8) is 0 Å². The molecule has 0 aromatic heterocycles. The molecule has 1 atom stereocenters. The highest BCUT2D eigenvalue weighted by molar-refractivity contribution is 5.98. The molecule has 2 aromatic carbocycles. The Kier molecular flexibility index (Phi) is 4.59. The molecule has 2 amide bonds. The Morgan fingerprint density at radius 1 is 1.23 bits per heavy atom. The van der Waals surface area contributed by atoms with E-state index in [-0.39, 0.29) is 17.9 Å². The van der Waals surface area contributed by atoms with Gasteiger partial charge in [0.25, 0.3) is 0 Å². The molecule has 0 saturated carbocycles. The molecule has 2 N–H and O–H groups in total. The Morgan fingerprint density at radius 2 is 1.92 bits per heavy atom. The number of ether oxygens (including phenoxy) is 1. The van der Waals surface area contributed by atoms with E-state index in [0.717, 1.165) is 10.8 Å². The van der Waals surface area contributed by atoms with Crippen molar-refractivity contribution in [2.75, 3.05) is 7.05 Å². The topological polar surface area (TPSA) is 78.9 Å². The van der Waals surface area contributed by atoms with Gasteiger partial charge in [-0.2, -0.15) is 0 Å². The number of hydrogen-bond donors (Lipinski definition) is 2. The number of hydrogen-bond acceptors (Lipinski definition) is 4. The van der Waals surface area contributed by atoms with Gasteiger partial charge in [-0.25, -0.2) is 9.59 Å². The molecular formula is C20H22N2O4. The van der Waals surface area contributed by atoms with E-state index < -0.39 is 12.0 Å². The number of benzene rings is 2. The lowest BCUT2D eigenvalue weighted by Crippen LogP contribution is -2.46. The van der Waals surface area contributed by atoms with Gasteiger partial charge < -0.3 is 20.1 Å². The fourth-order valence-electron chi connectivity index (χ4n) is 3.18. The van der Waals surface area contributed by atoms with Gasteiger partial charge in [-0.3, -0.25) is 0 Å². The maximum atomic E-state index is 12.8. The quantitative estimate of drug-likeness (QED) is 0.827. The Balaban J connectivity index is 2.23. The molecule has 26 heavy (non-hydrogen) atoms. The van der Waals surface area contributed by atoms with Crippen molar-refractivity contribution in [2.24, 2.45) is 0 Å². The second-order valence-corrected chi connectivity index (χ2v) is 6.61. The molecule has 0 saturated heterocycles. The van der Waals surface area contributed by atoms with Crippen LogP contribution in [0, 0.1) is 0 Å². The number of phenols is 1. The van der Waals surface area contributed by atoms with Crippen LogP contribution in [0.4, 0.5) is 4.79 Å². The first-order valence-electron chi connectivity index (χ1n) is 8.47. The van der Waals surface area contributed by atoms with Crippen molar-refractivity contribution >= 4 is 22.8 Å². The summed E-state index contributed by atoms with van der Waals surface area (Å²) in [4.78, 5) is 26.5. The summed E-state index contributed by atoms with van der Waals surface area (Å²) in [5.41, 5.74) is 1.30. The van der Waals surface area contributed by atoms with Crippen LogP contribution in [-0.2, 0) is 9.53 Å². The van der Waals surface area contributed by atoms with Crippen LogP contribution in [0.5, 0.6) is 5.75 Å². The zero-order valence-corrected chi connectivity index (χ0v) is 15.2. The van der Waals surface area contributed by atoms with E-state index in [0.29, 0.717) is 16.8 Å². The predicted molar refractivity (Wildman–Crippen MR) is 98.6 cm³/mol. The highest BCUT2D eigenvalue weighted by Crippen LogP contribution is 2.39. The molecule has 1 heterocycles. The Labute approximate surface area is 152 Å². The zero-order valence-electron chi connectivity index (χ0n) is 15.2. The second-order valence-electron chi connectivity index (χ2n) is 6.61. The van der Waals surface area contributed by atoms with E-state index in [1.807, 2.05) is 24.3 Å². The van der Waals surface area contributed by atoms with Gasteiger partial charge in [0, 0.05) is 18.3 Å². The van der Waals surface area contributed by atoms with E-state index in [4.69, 9.17) is 4.74 Å². The van der Waals surface area contributed by atoms with Gasteiger partial charge in [0.2, 0.25) is 0 Å². The Hall–Kier alpha value is -3.02. The number of carbonyl (C=O) groups is 2. The molecule has 0 fully saturated rings. The van der Waals surface area contributed by atoms with Gasteiger partial charge in [-0.15, -0.1) is 0 Å². The lowest BCUT2D eigenvalue weighted by Gasteiger charge is -2.34. The average molecular weight is 354 g/mol. The number of carbonyl (C=O) groups excluding carboxylic acids is 2. The molecule has 0 spiro atoms. The molecule has 0 aliphatic carbocycles. The summed E-state index contributed by atoms with van der Waals surface area (Å²) >= 11 is 0. The Morgan fingerprint density at radius 3 is 2.62 bits per heavy atom. The van der Waals surface area contributed by atoms with Crippen LogP contribution in [-0.4, -0.2) is 35.2 Å². The summed E-state index contributed by atoms with van der Waals surface area (Å²) in [6.07, 6.45) is -0.299. The van der Waals surface area contributed by atoms with Gasteiger partial charge in [-0.1, -0.05) is 30.3 Å². The first-order valence-corrected chi connectivity index (χ1v) is 8.47. The summed E-state index contributed by atoms with van der Waals surface area (Å²) < 4.78 is 5.39. The van der Waals surface area contributed by atoms with E-state index in [1.165, 1.54) is 4.90 Å². The summed E-state index contributed by atoms with van der Waals surface area (Å²) in [5.74, 6) is -0.497. The van der Waals surface area contributed by atoms with Gasteiger partial charge >= 0.3 is 12.0 Å². The average Bonchev–Trinajstić information content (AvgIpc) is 2.58. The SMILES string of the molecule is CC1=C(C(=O)OC(C)C)[C@@H](c2c(O)ccc3ccccc23)NC(=O)N1C. The van der Waals surface area contributed by atoms with Crippen LogP contribution in [0.1, 0.15) is 32.4 Å². The van der Waals surface area contributed by atoms with Crippen LogP contribution in [0.25, 0.3) is 10.8 Å². The number of allylic oxidation sites excluding steroid dienone is 1. The molecule has 3 rings (SSSR count). The molecule has 0 bridgehead atoms. The predicted octanol–water partition coefficient (Wildman–Crippen LogP) is 3.47. The maximum Gasteiger partial charge on any atom is 0.338 e. The number of esters is 1. The van der Waals surface area contributed by atoms with E-state index in [1.54, 1.807) is 40.0 Å². The van der Waals surface area contributed by atoms with Crippen LogP contribution in [0.15, 0.2) is 47.7 Å². The minimum absolute atomic E-state index is 0.0150. The van der Waals surface area contributed by atoms with Crippen LogP contribution in [0.3, 0.4) is 0 Å². The highest BCUT2D eigenvalue weighted by atomic mass is 16.5. The Bertz CT molecular complexity index is 917. The van der Waals surface area contributed by atoms with Crippen LogP contribution in [0.2, 0.25) is 0 Å². The van der Waals surface area contributed by atoms with Gasteiger partial charge in [0.05, 0.1) is 17.7 Å². The van der Waals surface area contributed by atoms with Crippen molar-refractivity contribution in [1.82, 2.24) is 10.2 Å². The molecule has 136 valence electrons. The number of amides is 2. The summed E-state index contributed by atoms with van der Waals surface area (Å²) in [6, 6.07) is 9.75. The standard InChI is InChI=1S/C20H22N2O4/c1-11(2)26-19(24)16-12(3)22(4)20(25)21-18(16)17-14-8-6-5-7-13(14)9-10-15(17)23/h5-11,18,23H,1-4H3,(H,21,25)/t18-/m0/s1. The third kappa shape index (κ3) is 2.98. The van der Waals surface area contributed by atoms with E-state index in [9.17, 15) is 14.7 Å².